The van der Waals surface area contributed by atoms with Gasteiger partial charge >= 0.3 is 12.5 Å². The number of hydrogen-bond donors (Lipinski definition) is 1. The highest BCUT2D eigenvalue weighted by Crippen LogP contribution is 1.61. The zero-order chi connectivity index (χ0) is 6.57. The molecule has 0 heterocycles. The summed E-state index contributed by atoms with van der Waals surface area (Å²) in [4.78, 5) is 19.0. The van der Waals surface area contributed by atoms with Crippen LogP contribution in [0.1, 0.15) is 0 Å². The van der Waals surface area contributed by atoms with Crippen LogP contribution in [0.15, 0.2) is 0 Å². The minimum atomic E-state index is -0.650. The average molecular weight is 119 g/mol. The van der Waals surface area contributed by atoms with E-state index in [4.69, 9.17) is 0 Å². The van der Waals surface area contributed by atoms with Crippen LogP contribution in [0, 0.1) is 10.1 Å². The van der Waals surface area contributed by atoms with Gasteiger partial charge < -0.3 is 0 Å². The van der Waals surface area contributed by atoms with Crippen molar-refractivity contribution in [2.45, 2.75) is 0 Å². The lowest BCUT2D eigenvalue weighted by Gasteiger charge is -1.84. The van der Waals surface area contributed by atoms with Crippen molar-refractivity contribution >= 4 is 5.91 Å². The molecule has 2 N–H and O–H groups in total. The Morgan fingerprint density at radius 2 is 2.38 bits per heavy atom. The van der Waals surface area contributed by atoms with E-state index in [0.29, 0.717) is 0 Å². The second-order valence-corrected chi connectivity index (χ2v) is 1.25. The monoisotopic (exact) mass is 119 g/mol. The summed E-state index contributed by atoms with van der Waals surface area (Å²) in [6, 6.07) is 0. The van der Waals surface area contributed by atoms with Crippen molar-refractivity contribution in [3.63, 3.8) is 0 Å². The lowest BCUT2D eigenvalue weighted by molar-refractivity contribution is -0.566. The van der Waals surface area contributed by atoms with Gasteiger partial charge in [0.25, 0.3) is 0 Å². The van der Waals surface area contributed by atoms with E-state index in [9.17, 15) is 14.9 Å². The number of amides is 1. The average Bonchev–Trinajstić information content (AvgIpc) is 1.65. The number of primary amides is 1. The summed E-state index contributed by atoms with van der Waals surface area (Å²) in [5.74, 6) is -0.449. The minimum absolute atomic E-state index is 0.449. The molecule has 8 heavy (non-hydrogen) atoms. The third-order valence-electron chi connectivity index (χ3n) is 0.607. The van der Waals surface area contributed by atoms with Crippen LogP contribution >= 0.6 is 0 Å². The fraction of sp³-hybridized carbons (Fsp3) is 0.667. The third-order valence-corrected chi connectivity index (χ3v) is 0.607. The van der Waals surface area contributed by atoms with E-state index in [-0.39, 0.29) is 0 Å². The van der Waals surface area contributed by atoms with Crippen molar-refractivity contribution in [2.24, 2.45) is 0 Å². The van der Waals surface area contributed by atoms with Crippen LogP contribution in [0.3, 0.4) is 0 Å². The van der Waals surface area contributed by atoms with Crippen molar-refractivity contribution in [1.29, 1.82) is 0 Å². The first kappa shape index (κ1) is 7.03. The standard InChI is InChI=1S/C3H6N2O3/c1-4-3(6)2-5(7)8/h2H2,1H3,(H,4,6)/p+1. The van der Waals surface area contributed by atoms with Crippen molar-refractivity contribution in [3.8, 4) is 0 Å². The Labute approximate surface area is 45.8 Å². The van der Waals surface area contributed by atoms with E-state index in [1.54, 1.807) is 0 Å². The van der Waals surface area contributed by atoms with Gasteiger partial charge in [0.05, 0.1) is 7.05 Å². The Kier molecular flexibility index (Phi) is 2.71. The highest BCUT2D eigenvalue weighted by Gasteiger charge is 2.08. The van der Waals surface area contributed by atoms with Crippen LogP contribution in [0.4, 0.5) is 0 Å². The number of nitrogens with zero attached hydrogens (tertiary/aromatic N) is 1. The Bertz CT molecular complexity index is 111. The van der Waals surface area contributed by atoms with Crippen LogP contribution in [-0.2, 0) is 4.79 Å². The normalized spacial score (nSPS) is 8.62. The third kappa shape index (κ3) is 3.23. The number of nitro groups is 1. The van der Waals surface area contributed by atoms with Crippen molar-refractivity contribution in [3.05, 3.63) is 10.1 Å². The molecule has 0 aliphatic rings. The Balaban J connectivity index is 3.40. The van der Waals surface area contributed by atoms with E-state index >= 15 is 0 Å². The molecule has 0 atom stereocenters. The van der Waals surface area contributed by atoms with Gasteiger partial charge in [0.1, 0.15) is 0 Å². The van der Waals surface area contributed by atoms with Crippen LogP contribution in [0.25, 0.3) is 0 Å². The predicted octanol–water partition coefficient (Wildman–Crippen LogP) is -2.02. The maximum atomic E-state index is 10.1. The molecule has 0 bridgehead atoms. The molecule has 0 saturated heterocycles. The van der Waals surface area contributed by atoms with Crippen LogP contribution in [0.5, 0.6) is 0 Å². The summed E-state index contributed by atoms with van der Waals surface area (Å²) in [6.07, 6.45) is 0. The first-order valence-electron chi connectivity index (χ1n) is 2.11. The molecule has 0 spiro atoms. The summed E-state index contributed by atoms with van der Waals surface area (Å²) in [5, 5.41) is 10.7. The van der Waals surface area contributed by atoms with Gasteiger partial charge in [0.15, 0.2) is 0 Å². The molecule has 1 amide bonds. The Morgan fingerprint density at radius 1 is 1.88 bits per heavy atom. The Hall–Kier alpha value is -0.970. The summed E-state index contributed by atoms with van der Waals surface area (Å²) in [6.45, 7) is -0.587. The summed E-state index contributed by atoms with van der Waals surface area (Å²) in [7, 11) is 1.48. The first-order chi connectivity index (χ1) is 3.66. The number of hydrogen-bond acceptors (Lipinski definition) is 3. The van der Waals surface area contributed by atoms with Crippen LogP contribution < -0.4 is 5.32 Å². The van der Waals surface area contributed by atoms with Gasteiger partial charge in [-0.2, -0.15) is 0 Å². The molecule has 0 aromatic rings. The fourth-order valence-electron chi connectivity index (χ4n) is 0.219. The SMILES string of the molecule is C[NH2+]C(=O)C[N+](=O)[O-]. The van der Waals surface area contributed by atoms with Crippen LogP contribution in [-0.4, -0.2) is 24.4 Å². The molecule has 0 unspecified atom stereocenters. The van der Waals surface area contributed by atoms with Gasteiger partial charge in [-0.15, -0.1) is 0 Å². The maximum Gasteiger partial charge on any atom is 0.381 e. The lowest BCUT2D eigenvalue weighted by atomic mass is 10.6. The van der Waals surface area contributed by atoms with E-state index in [0.717, 1.165) is 0 Å². The van der Waals surface area contributed by atoms with Gasteiger partial charge in [-0.25, -0.2) is 4.79 Å². The van der Waals surface area contributed by atoms with Crippen molar-refractivity contribution in [2.75, 3.05) is 13.6 Å². The number of quaternary nitrogens is 1. The molecule has 0 aromatic carbocycles. The molecule has 0 saturated carbocycles. The molecule has 0 aromatic heterocycles. The molecular weight excluding hydrogens is 112 g/mol. The van der Waals surface area contributed by atoms with E-state index in [2.05, 4.69) is 0 Å². The van der Waals surface area contributed by atoms with Gasteiger partial charge in [0, 0.05) is 4.92 Å². The maximum absolute atomic E-state index is 10.1. The number of carbonyl (C=O) groups is 1. The van der Waals surface area contributed by atoms with Gasteiger partial charge in [-0.05, 0) is 0 Å². The molecule has 0 radical (unpaired) electrons. The molecular formula is C3H7N2O3+. The minimum Gasteiger partial charge on any atom is -0.280 e. The molecule has 0 fully saturated rings. The number of carbonyl (C=O) groups excluding carboxylic acids is 1. The molecule has 0 aliphatic heterocycles. The van der Waals surface area contributed by atoms with Gasteiger partial charge in [-0.1, -0.05) is 0 Å². The zero-order valence-electron chi connectivity index (χ0n) is 4.46. The summed E-state index contributed by atoms with van der Waals surface area (Å²) in [5.41, 5.74) is 0. The molecule has 5 nitrogen and oxygen atoms in total. The molecule has 0 rings (SSSR count). The second-order valence-electron chi connectivity index (χ2n) is 1.25. The second kappa shape index (κ2) is 3.09. The van der Waals surface area contributed by atoms with Crippen molar-refractivity contribution < 1.29 is 15.0 Å². The fourth-order valence-corrected chi connectivity index (χ4v) is 0.219. The first-order valence-corrected chi connectivity index (χ1v) is 2.11. The smallest absolute Gasteiger partial charge is 0.280 e. The molecule has 5 heteroatoms. The number of nitrogens with two attached hydrogens (primary N) is 1. The molecule has 46 valence electrons. The van der Waals surface area contributed by atoms with Gasteiger partial charge in [0.2, 0.25) is 0 Å². The molecule has 0 aliphatic carbocycles. The summed E-state index contributed by atoms with van der Waals surface area (Å²) < 4.78 is 0. The predicted molar refractivity (Wildman–Crippen MR) is 24.7 cm³/mol. The lowest BCUT2D eigenvalue weighted by Crippen LogP contribution is -2.85. The van der Waals surface area contributed by atoms with E-state index in [1.165, 1.54) is 12.4 Å². The number of rotatable bonds is 2. The topological polar surface area (TPSA) is 76.8 Å². The largest absolute Gasteiger partial charge is 0.381 e. The van der Waals surface area contributed by atoms with E-state index < -0.39 is 17.4 Å². The highest BCUT2D eigenvalue weighted by atomic mass is 16.6. The van der Waals surface area contributed by atoms with Crippen LogP contribution in [0.2, 0.25) is 0 Å². The number of likely N-dealkylation sites (N-methyl/N-ethyl adjacent to an activating group) is 1. The van der Waals surface area contributed by atoms with Gasteiger partial charge in [-0.3, -0.25) is 15.4 Å². The highest BCUT2D eigenvalue weighted by molar-refractivity contribution is 5.66. The Morgan fingerprint density at radius 3 is 2.50 bits per heavy atom. The quantitative estimate of drug-likeness (QED) is 0.337. The van der Waals surface area contributed by atoms with E-state index in [1.807, 2.05) is 0 Å². The van der Waals surface area contributed by atoms with Crippen molar-refractivity contribution in [1.82, 2.24) is 0 Å². The summed E-state index contributed by atoms with van der Waals surface area (Å²) >= 11 is 0. The zero-order valence-corrected chi connectivity index (χ0v) is 4.46.